The zero-order chi connectivity index (χ0) is 32.9. The number of benzene rings is 2. The Morgan fingerprint density at radius 2 is 1.51 bits per heavy atom. The maximum Gasteiger partial charge on any atom is 0.335 e. The minimum Gasteiger partial charge on any atom is -0.516 e. The van der Waals surface area contributed by atoms with E-state index < -0.39 is 25.4 Å². The summed E-state index contributed by atoms with van der Waals surface area (Å²) in [5.41, 5.74) is -0.117. The molecule has 1 amide bonds. The van der Waals surface area contributed by atoms with E-state index in [1.54, 1.807) is 16.6 Å². The van der Waals surface area contributed by atoms with Gasteiger partial charge >= 0.3 is 13.9 Å². The summed E-state index contributed by atoms with van der Waals surface area (Å²) in [6, 6.07) is 20.1. The van der Waals surface area contributed by atoms with E-state index >= 15 is 0 Å². The summed E-state index contributed by atoms with van der Waals surface area (Å²) in [5.74, 6) is -0.395. The van der Waals surface area contributed by atoms with Gasteiger partial charge in [-0.25, -0.2) is 4.68 Å². The summed E-state index contributed by atoms with van der Waals surface area (Å²) in [5, 5.41) is 6.35. The van der Waals surface area contributed by atoms with Gasteiger partial charge in [0.05, 0.1) is 10.3 Å². The lowest BCUT2D eigenvalue weighted by atomic mass is 9.86. The number of ether oxygens (including phenoxy) is 1. The third-order valence-electron chi connectivity index (χ3n) is 8.15. The molecule has 3 aromatic rings. The Balaban J connectivity index is 1.55. The molecule has 0 saturated carbocycles. The van der Waals surface area contributed by atoms with Crippen LogP contribution in [0.1, 0.15) is 48.5 Å². The molecule has 45 heavy (non-hydrogen) atoms. The van der Waals surface area contributed by atoms with E-state index in [0.29, 0.717) is 10.9 Å². The Labute approximate surface area is 273 Å². The fraction of sp³-hybridized carbons (Fsp3) is 0.424. The van der Waals surface area contributed by atoms with Gasteiger partial charge in [-0.1, -0.05) is 114 Å². The maximum absolute atomic E-state index is 13.7. The number of Topliss-reactive ketones (excluding diaryl/α,β-unsaturated/α-hetero) is 1. The van der Waals surface area contributed by atoms with Crippen molar-refractivity contribution in [2.45, 2.75) is 74.7 Å². The van der Waals surface area contributed by atoms with Gasteiger partial charge in [0.15, 0.2) is 17.0 Å². The number of ketones is 1. The van der Waals surface area contributed by atoms with Gasteiger partial charge in [0, 0.05) is 19.6 Å². The molecule has 3 atom stereocenters. The lowest BCUT2D eigenvalue weighted by Crippen LogP contribution is -2.69. The number of methoxy groups -OCH3 is 1. The Bertz CT molecular complexity index is 1660. The van der Waals surface area contributed by atoms with Crippen molar-refractivity contribution in [1.29, 1.82) is 0 Å². The number of hydrogen-bond donors (Lipinski definition) is 0. The van der Waals surface area contributed by atoms with Crippen LogP contribution in [-0.4, -0.2) is 62.8 Å². The molecular weight excluding hydrogens is 625 g/mol. The van der Waals surface area contributed by atoms with Crippen molar-refractivity contribution in [2.75, 3.05) is 7.11 Å². The monoisotopic (exact) mass is 664 g/mol. The van der Waals surface area contributed by atoms with Gasteiger partial charge in [-0.05, 0) is 27.9 Å². The predicted octanol–water partition coefficient (Wildman–Crippen LogP) is 4.35. The summed E-state index contributed by atoms with van der Waals surface area (Å²) in [6.07, 6.45) is -0.647. The number of aryl methyl sites for hydroxylation is 1. The summed E-state index contributed by atoms with van der Waals surface area (Å²) < 4.78 is 13.6. The molecule has 9 nitrogen and oxygen atoms in total. The van der Waals surface area contributed by atoms with Gasteiger partial charge < -0.3 is 9.16 Å². The number of fused-ring (bicyclic) bond motifs is 1. The van der Waals surface area contributed by atoms with Crippen LogP contribution < -0.4 is 20.4 Å². The van der Waals surface area contributed by atoms with Crippen LogP contribution >= 0.6 is 23.5 Å². The van der Waals surface area contributed by atoms with Crippen LogP contribution in [0.3, 0.4) is 0 Å². The van der Waals surface area contributed by atoms with E-state index in [2.05, 4.69) is 55.1 Å². The highest BCUT2D eigenvalue weighted by atomic mass is 32.2. The zero-order valence-electron chi connectivity index (χ0n) is 27.2. The molecule has 1 unspecified atom stereocenters. The first-order valence-electron chi connectivity index (χ1n) is 14.8. The van der Waals surface area contributed by atoms with E-state index in [1.807, 2.05) is 64.1 Å². The number of allylic oxidation sites excluding steroid dienone is 1. The lowest BCUT2D eigenvalue weighted by molar-refractivity contribution is -0.160. The predicted molar refractivity (Wildman–Crippen MR) is 181 cm³/mol. The Morgan fingerprint density at radius 1 is 0.956 bits per heavy atom. The van der Waals surface area contributed by atoms with Gasteiger partial charge in [0.25, 0.3) is 11.8 Å². The molecule has 5 rings (SSSR count). The second kappa shape index (κ2) is 12.2. The Hall–Kier alpha value is -3.19. The molecule has 2 aliphatic rings. The van der Waals surface area contributed by atoms with Crippen molar-refractivity contribution >= 4 is 53.9 Å². The van der Waals surface area contributed by atoms with Crippen LogP contribution in [0.4, 0.5) is 0 Å². The largest absolute Gasteiger partial charge is 0.516 e. The fourth-order valence-corrected chi connectivity index (χ4v) is 13.1. The molecule has 0 radical (unpaired) electrons. The quantitative estimate of drug-likeness (QED) is 0.257. The highest BCUT2D eigenvalue weighted by molar-refractivity contribution is 8.17. The molecule has 0 bridgehead atoms. The summed E-state index contributed by atoms with van der Waals surface area (Å²) in [4.78, 5) is 46.2. The topological polar surface area (TPSA) is 104 Å². The van der Waals surface area contributed by atoms with Crippen LogP contribution in [-0.2, 0) is 21.4 Å². The molecule has 2 aromatic carbocycles. The number of carbonyl (C=O) groups is 2. The molecule has 1 aromatic heterocycles. The number of β-lactam (4-membered cyclic amide) rings is 1. The van der Waals surface area contributed by atoms with Gasteiger partial charge in [-0.15, -0.1) is 16.9 Å². The molecule has 0 spiro atoms. The Kier molecular flexibility index (Phi) is 8.99. The number of hydrogen-bond acceptors (Lipinski definition) is 9. The van der Waals surface area contributed by atoms with Gasteiger partial charge in [0.1, 0.15) is 5.37 Å². The SMILES string of the molecule is CO[C@H]1C(=O)N2C(C(=O)C(C)(C)C)=C(C)C(Sc3nc(=O)c(O[Si](c4ccccc4)(c4ccccc4)C(C)(C)C)nn3C)S[C@@H]12. The van der Waals surface area contributed by atoms with Gasteiger partial charge in [0.2, 0.25) is 0 Å². The number of nitrogens with zero attached hydrogens (tertiary/aromatic N) is 4. The molecule has 12 heteroatoms. The molecular formula is C33H40N4O5S2Si. The van der Waals surface area contributed by atoms with E-state index in [0.717, 1.165) is 15.9 Å². The smallest absolute Gasteiger partial charge is 0.335 e. The number of rotatable bonds is 8. The second-order valence-electron chi connectivity index (χ2n) is 13.3. The van der Waals surface area contributed by atoms with Gasteiger partial charge in [-0.2, -0.15) is 4.98 Å². The number of carbonyl (C=O) groups excluding carboxylic acids is 2. The number of thioether (sulfide) groups is 2. The minimum absolute atomic E-state index is 0.0569. The highest BCUT2D eigenvalue weighted by Crippen LogP contribution is 2.50. The summed E-state index contributed by atoms with van der Waals surface area (Å²) >= 11 is 2.83. The molecule has 0 N–H and O–H groups in total. The summed E-state index contributed by atoms with van der Waals surface area (Å²) in [7, 11) is 0.127. The van der Waals surface area contributed by atoms with E-state index in [9.17, 15) is 14.4 Å². The molecule has 0 aliphatic carbocycles. The zero-order valence-corrected chi connectivity index (χ0v) is 29.8. The molecule has 2 aliphatic heterocycles. The first-order chi connectivity index (χ1) is 21.1. The minimum atomic E-state index is -3.11. The van der Waals surface area contributed by atoms with Crippen molar-refractivity contribution in [3.8, 4) is 5.88 Å². The fourth-order valence-electron chi connectivity index (χ4n) is 5.80. The van der Waals surface area contributed by atoms with Crippen LogP contribution in [0.15, 0.2) is 81.9 Å². The normalized spacial score (nSPS) is 20.5. The third-order valence-corrected chi connectivity index (χ3v) is 16.2. The first-order valence-corrected chi connectivity index (χ1v) is 18.5. The molecule has 3 heterocycles. The average molecular weight is 665 g/mol. The maximum atomic E-state index is 13.7. The van der Waals surface area contributed by atoms with E-state index in [1.165, 1.54) is 30.6 Å². The number of amides is 1. The standard InChI is InChI=1S/C33H40N4O5S2Si/c1-20-23(25(38)32(2,3)4)37-28(40)24(41-9)29(37)43-30(20)44-31-34-26(39)27(35-36(31)8)42-45(33(5,6)7,21-16-12-10-13-17-21)22-18-14-11-15-19-22/h10-19,24,29-30H,1-9H3/t24-,29-,30?/m0/s1. The van der Waals surface area contributed by atoms with Crippen LogP contribution in [0.2, 0.25) is 5.04 Å². The van der Waals surface area contributed by atoms with Crippen LogP contribution in [0, 0.1) is 5.41 Å². The van der Waals surface area contributed by atoms with Crippen LogP contribution in [0.25, 0.3) is 0 Å². The van der Waals surface area contributed by atoms with Crippen molar-refractivity contribution < 1.29 is 18.8 Å². The summed E-state index contributed by atoms with van der Waals surface area (Å²) in [6.45, 7) is 13.8. The Morgan fingerprint density at radius 3 is 2.00 bits per heavy atom. The number of aromatic nitrogens is 3. The van der Waals surface area contributed by atoms with Crippen molar-refractivity contribution in [1.82, 2.24) is 19.7 Å². The van der Waals surface area contributed by atoms with E-state index in [4.69, 9.17) is 9.16 Å². The van der Waals surface area contributed by atoms with Gasteiger partial charge in [-0.3, -0.25) is 19.3 Å². The molecule has 1 fully saturated rings. The van der Waals surface area contributed by atoms with Crippen LogP contribution in [0.5, 0.6) is 5.88 Å². The average Bonchev–Trinajstić information content (AvgIpc) is 2.98. The molecule has 238 valence electrons. The van der Waals surface area contributed by atoms with Crippen molar-refractivity contribution in [3.63, 3.8) is 0 Å². The lowest BCUT2D eigenvalue weighted by Gasteiger charge is -2.51. The highest BCUT2D eigenvalue weighted by Gasteiger charge is 2.56. The second-order valence-corrected chi connectivity index (χ2v) is 20.2. The van der Waals surface area contributed by atoms with Crippen molar-refractivity contribution in [3.05, 3.63) is 82.3 Å². The van der Waals surface area contributed by atoms with E-state index in [-0.39, 0.29) is 32.6 Å². The third kappa shape index (κ3) is 5.81. The van der Waals surface area contributed by atoms with Crippen molar-refractivity contribution in [2.24, 2.45) is 12.5 Å². The molecule has 1 saturated heterocycles. The first kappa shape index (κ1) is 33.2.